The van der Waals surface area contributed by atoms with Crippen LogP contribution in [0.25, 0.3) is 11.1 Å². The van der Waals surface area contributed by atoms with E-state index in [1.165, 1.54) is 0 Å². The lowest BCUT2D eigenvalue weighted by atomic mass is 10.0. The second-order valence-corrected chi connectivity index (χ2v) is 4.50. The number of carbonyl (C=O) groups excluding carboxylic acids is 1. The third-order valence-corrected chi connectivity index (χ3v) is 3.01. The van der Waals surface area contributed by atoms with Gasteiger partial charge in [0.25, 0.3) is 0 Å². The smallest absolute Gasteiger partial charge is 0.150 e. The molecule has 2 aromatic rings. The molecular weight excluding hydrogens is 280 g/mol. The summed E-state index contributed by atoms with van der Waals surface area (Å²) >= 11 is 3.42. The van der Waals surface area contributed by atoms with Gasteiger partial charge in [-0.25, -0.2) is 0 Å². The third kappa shape index (κ3) is 2.56. The molecule has 0 saturated carbocycles. The van der Waals surface area contributed by atoms with Crippen molar-refractivity contribution in [1.29, 1.82) is 0 Å². The van der Waals surface area contributed by atoms with Crippen LogP contribution in [0.4, 0.5) is 0 Å². The maximum absolute atomic E-state index is 11.1. The number of benzene rings is 2. The number of carbonyl (C=O) groups is 1. The van der Waals surface area contributed by atoms with E-state index in [9.17, 15) is 4.79 Å². The van der Waals surface area contributed by atoms with Gasteiger partial charge in [-0.05, 0) is 41.5 Å². The standard InChI is InChI=1S/C14H11BrO2/c1-17-13-5-6-14(11(8-13)9-16)10-3-2-4-12(15)7-10/h2-9H,1H3. The maximum Gasteiger partial charge on any atom is 0.150 e. The minimum atomic E-state index is 0.627. The van der Waals surface area contributed by atoms with Crippen LogP contribution in [0.2, 0.25) is 0 Å². The number of hydrogen-bond acceptors (Lipinski definition) is 2. The first-order chi connectivity index (χ1) is 8.24. The van der Waals surface area contributed by atoms with Gasteiger partial charge in [0.15, 0.2) is 6.29 Å². The normalized spacial score (nSPS) is 10.0. The van der Waals surface area contributed by atoms with Crippen molar-refractivity contribution in [2.24, 2.45) is 0 Å². The van der Waals surface area contributed by atoms with E-state index >= 15 is 0 Å². The fourth-order valence-corrected chi connectivity index (χ4v) is 2.08. The van der Waals surface area contributed by atoms with Crippen LogP contribution >= 0.6 is 15.9 Å². The van der Waals surface area contributed by atoms with Gasteiger partial charge < -0.3 is 4.74 Å². The summed E-state index contributed by atoms with van der Waals surface area (Å²) in [6.45, 7) is 0. The van der Waals surface area contributed by atoms with Gasteiger partial charge >= 0.3 is 0 Å². The highest BCUT2D eigenvalue weighted by Crippen LogP contribution is 2.28. The highest BCUT2D eigenvalue weighted by Gasteiger charge is 2.06. The summed E-state index contributed by atoms with van der Waals surface area (Å²) in [7, 11) is 1.59. The van der Waals surface area contributed by atoms with Gasteiger partial charge in [-0.2, -0.15) is 0 Å². The Morgan fingerprint density at radius 1 is 1.18 bits per heavy atom. The monoisotopic (exact) mass is 290 g/mol. The number of methoxy groups -OCH3 is 1. The lowest BCUT2D eigenvalue weighted by Gasteiger charge is -2.07. The Labute approximate surface area is 108 Å². The molecule has 0 bridgehead atoms. The first-order valence-corrected chi connectivity index (χ1v) is 5.93. The molecule has 0 spiro atoms. The van der Waals surface area contributed by atoms with E-state index in [0.717, 1.165) is 21.9 Å². The molecule has 0 unspecified atom stereocenters. The number of halogens is 1. The molecule has 0 radical (unpaired) electrons. The molecule has 3 heteroatoms. The van der Waals surface area contributed by atoms with Crippen LogP contribution in [-0.4, -0.2) is 13.4 Å². The van der Waals surface area contributed by atoms with E-state index in [0.29, 0.717) is 11.3 Å². The minimum absolute atomic E-state index is 0.627. The lowest BCUT2D eigenvalue weighted by molar-refractivity contribution is 0.112. The van der Waals surface area contributed by atoms with E-state index in [-0.39, 0.29) is 0 Å². The van der Waals surface area contributed by atoms with Crippen molar-refractivity contribution in [3.63, 3.8) is 0 Å². The van der Waals surface area contributed by atoms with Crippen LogP contribution in [-0.2, 0) is 0 Å². The van der Waals surface area contributed by atoms with Crippen molar-refractivity contribution < 1.29 is 9.53 Å². The van der Waals surface area contributed by atoms with Crippen LogP contribution in [0.1, 0.15) is 10.4 Å². The zero-order valence-corrected chi connectivity index (χ0v) is 10.9. The van der Waals surface area contributed by atoms with E-state index < -0.39 is 0 Å². The first-order valence-electron chi connectivity index (χ1n) is 5.14. The molecule has 0 heterocycles. The van der Waals surface area contributed by atoms with Gasteiger partial charge in [-0.1, -0.05) is 28.1 Å². The van der Waals surface area contributed by atoms with E-state index in [2.05, 4.69) is 15.9 Å². The van der Waals surface area contributed by atoms with E-state index in [1.54, 1.807) is 13.2 Å². The molecule has 0 fully saturated rings. The summed E-state index contributed by atoms with van der Waals surface area (Å²) < 4.78 is 6.09. The van der Waals surface area contributed by atoms with Crippen molar-refractivity contribution in [3.8, 4) is 16.9 Å². The predicted octanol–water partition coefficient (Wildman–Crippen LogP) is 3.94. The molecule has 0 saturated heterocycles. The predicted molar refractivity (Wildman–Crippen MR) is 71.5 cm³/mol. The number of ether oxygens (including phenoxy) is 1. The average molecular weight is 291 g/mol. The molecule has 0 aliphatic heterocycles. The van der Waals surface area contributed by atoms with Crippen LogP contribution in [0.15, 0.2) is 46.9 Å². The minimum Gasteiger partial charge on any atom is -0.497 e. The van der Waals surface area contributed by atoms with Gasteiger partial charge in [-0.3, -0.25) is 4.79 Å². The Kier molecular flexibility index (Phi) is 3.59. The molecule has 86 valence electrons. The second-order valence-electron chi connectivity index (χ2n) is 3.58. The summed E-state index contributed by atoms with van der Waals surface area (Å²) in [5.41, 5.74) is 2.54. The Morgan fingerprint density at radius 2 is 2.00 bits per heavy atom. The zero-order chi connectivity index (χ0) is 12.3. The number of hydrogen-bond donors (Lipinski definition) is 0. The van der Waals surface area contributed by atoms with Crippen molar-refractivity contribution >= 4 is 22.2 Å². The van der Waals surface area contributed by atoms with Crippen LogP contribution in [0, 0.1) is 0 Å². The van der Waals surface area contributed by atoms with Crippen LogP contribution < -0.4 is 4.74 Å². The first kappa shape index (κ1) is 11.9. The fourth-order valence-electron chi connectivity index (χ4n) is 1.68. The van der Waals surface area contributed by atoms with Crippen LogP contribution in [0.3, 0.4) is 0 Å². The second kappa shape index (κ2) is 5.15. The highest BCUT2D eigenvalue weighted by atomic mass is 79.9. The van der Waals surface area contributed by atoms with Crippen molar-refractivity contribution in [1.82, 2.24) is 0 Å². The lowest BCUT2D eigenvalue weighted by Crippen LogP contribution is -1.90. The Hall–Kier alpha value is -1.61. The third-order valence-electron chi connectivity index (χ3n) is 2.52. The van der Waals surface area contributed by atoms with Gasteiger partial charge in [0.1, 0.15) is 5.75 Å². The maximum atomic E-state index is 11.1. The Balaban J connectivity index is 2.55. The number of aldehydes is 1. The van der Waals surface area contributed by atoms with Crippen LogP contribution in [0.5, 0.6) is 5.75 Å². The molecule has 17 heavy (non-hydrogen) atoms. The summed E-state index contributed by atoms with van der Waals surface area (Å²) in [5.74, 6) is 0.686. The molecule has 2 rings (SSSR count). The molecule has 0 atom stereocenters. The van der Waals surface area contributed by atoms with Gasteiger partial charge in [0.2, 0.25) is 0 Å². The Bertz CT molecular complexity index is 550. The van der Waals surface area contributed by atoms with Crippen molar-refractivity contribution in [2.45, 2.75) is 0 Å². The average Bonchev–Trinajstić information content (AvgIpc) is 2.38. The largest absolute Gasteiger partial charge is 0.497 e. The quantitative estimate of drug-likeness (QED) is 0.801. The van der Waals surface area contributed by atoms with Gasteiger partial charge in [-0.15, -0.1) is 0 Å². The molecule has 0 aliphatic rings. The molecule has 0 aromatic heterocycles. The molecular formula is C14H11BrO2. The van der Waals surface area contributed by atoms with Crippen molar-refractivity contribution in [2.75, 3.05) is 7.11 Å². The molecule has 0 amide bonds. The SMILES string of the molecule is COc1ccc(-c2cccc(Br)c2)c(C=O)c1. The Morgan fingerprint density at radius 3 is 2.65 bits per heavy atom. The molecule has 2 aromatic carbocycles. The van der Waals surface area contributed by atoms with Crippen molar-refractivity contribution in [3.05, 3.63) is 52.5 Å². The summed E-state index contributed by atoms with van der Waals surface area (Å²) in [6, 6.07) is 13.3. The zero-order valence-electron chi connectivity index (χ0n) is 9.31. The summed E-state index contributed by atoms with van der Waals surface area (Å²) in [5, 5.41) is 0. The van der Waals surface area contributed by atoms with E-state index in [4.69, 9.17) is 4.74 Å². The topological polar surface area (TPSA) is 26.3 Å². The van der Waals surface area contributed by atoms with Gasteiger partial charge in [0.05, 0.1) is 7.11 Å². The summed E-state index contributed by atoms with van der Waals surface area (Å²) in [4.78, 5) is 11.1. The summed E-state index contributed by atoms with van der Waals surface area (Å²) in [6.07, 6.45) is 0.846. The fraction of sp³-hybridized carbons (Fsp3) is 0.0714. The molecule has 0 aliphatic carbocycles. The number of rotatable bonds is 3. The van der Waals surface area contributed by atoms with Gasteiger partial charge in [0, 0.05) is 10.0 Å². The van der Waals surface area contributed by atoms with E-state index in [1.807, 2.05) is 36.4 Å². The highest BCUT2D eigenvalue weighted by molar-refractivity contribution is 9.10. The molecule has 0 N–H and O–H groups in total. The molecule has 2 nitrogen and oxygen atoms in total.